The molecule has 4 rings (SSSR count). The van der Waals surface area contributed by atoms with Gasteiger partial charge < -0.3 is 15.5 Å². The van der Waals surface area contributed by atoms with Crippen molar-refractivity contribution in [1.82, 2.24) is 15.6 Å². The molecule has 7 heteroatoms. The molecule has 2 aromatic carbocycles. The van der Waals surface area contributed by atoms with Crippen molar-refractivity contribution in [3.05, 3.63) is 94.1 Å². The molecule has 1 unspecified atom stereocenters. The van der Waals surface area contributed by atoms with E-state index in [1.165, 1.54) is 11.1 Å². The average Bonchev–Trinajstić information content (AvgIpc) is 2.86. The number of nitrogens with one attached hydrogen (secondary N) is 2. The van der Waals surface area contributed by atoms with E-state index in [0.29, 0.717) is 17.1 Å². The van der Waals surface area contributed by atoms with E-state index < -0.39 is 6.04 Å². The van der Waals surface area contributed by atoms with Gasteiger partial charge in [-0.3, -0.25) is 9.59 Å². The number of nitrogens with zero attached hydrogens (tertiary/aromatic N) is 2. The van der Waals surface area contributed by atoms with Gasteiger partial charge in [-0.1, -0.05) is 55.8 Å². The Labute approximate surface area is 205 Å². The van der Waals surface area contributed by atoms with Gasteiger partial charge in [0, 0.05) is 36.4 Å². The fourth-order valence-corrected chi connectivity index (χ4v) is 4.19. The minimum atomic E-state index is -0.649. The number of fused-ring (bicyclic) bond motifs is 1. The van der Waals surface area contributed by atoms with Crippen LogP contribution in [0.4, 0.5) is 5.82 Å². The van der Waals surface area contributed by atoms with Gasteiger partial charge in [0.05, 0.1) is 0 Å². The summed E-state index contributed by atoms with van der Waals surface area (Å²) in [6.07, 6.45) is 2.81. The summed E-state index contributed by atoms with van der Waals surface area (Å²) >= 11 is 5.89. The molecule has 2 heterocycles. The van der Waals surface area contributed by atoms with Gasteiger partial charge in [-0.2, -0.15) is 0 Å². The van der Waals surface area contributed by atoms with Crippen LogP contribution >= 0.6 is 11.6 Å². The van der Waals surface area contributed by atoms with Crippen molar-refractivity contribution < 1.29 is 9.59 Å². The van der Waals surface area contributed by atoms with E-state index in [0.717, 1.165) is 30.9 Å². The van der Waals surface area contributed by atoms with Crippen LogP contribution in [0.25, 0.3) is 0 Å². The average molecular weight is 477 g/mol. The zero-order valence-electron chi connectivity index (χ0n) is 19.4. The molecule has 0 aliphatic carbocycles. The molecule has 0 saturated heterocycles. The van der Waals surface area contributed by atoms with E-state index in [9.17, 15) is 9.59 Å². The molecule has 1 aliphatic heterocycles. The van der Waals surface area contributed by atoms with Crippen molar-refractivity contribution in [2.24, 2.45) is 5.92 Å². The Hall–Kier alpha value is -3.38. The number of benzene rings is 2. The van der Waals surface area contributed by atoms with Crippen LogP contribution in [0.3, 0.4) is 0 Å². The van der Waals surface area contributed by atoms with Gasteiger partial charge in [0.2, 0.25) is 5.91 Å². The zero-order chi connectivity index (χ0) is 24.1. The van der Waals surface area contributed by atoms with E-state index >= 15 is 0 Å². The van der Waals surface area contributed by atoms with Crippen LogP contribution < -0.4 is 15.5 Å². The maximum atomic E-state index is 12.8. The largest absolute Gasteiger partial charge is 0.352 e. The summed E-state index contributed by atoms with van der Waals surface area (Å²) in [5.41, 5.74) is 4.11. The van der Waals surface area contributed by atoms with Crippen LogP contribution in [-0.4, -0.2) is 29.4 Å². The molecule has 0 saturated carbocycles. The number of hydrogen-bond acceptors (Lipinski definition) is 4. The minimum Gasteiger partial charge on any atom is -0.352 e. The molecular formula is C27H29ClN4O2. The summed E-state index contributed by atoms with van der Waals surface area (Å²) in [4.78, 5) is 32.3. The maximum Gasteiger partial charge on any atom is 0.251 e. The van der Waals surface area contributed by atoms with Crippen molar-refractivity contribution in [3.8, 4) is 0 Å². The van der Waals surface area contributed by atoms with E-state index in [1.807, 2.05) is 26.0 Å². The third-order valence-corrected chi connectivity index (χ3v) is 6.32. The Kier molecular flexibility index (Phi) is 7.48. The van der Waals surface area contributed by atoms with Crippen molar-refractivity contribution in [1.29, 1.82) is 0 Å². The molecule has 1 aliphatic rings. The van der Waals surface area contributed by atoms with Gasteiger partial charge in [-0.25, -0.2) is 4.98 Å². The zero-order valence-corrected chi connectivity index (χ0v) is 20.2. The summed E-state index contributed by atoms with van der Waals surface area (Å²) < 4.78 is 0. The second kappa shape index (κ2) is 10.7. The molecule has 0 spiro atoms. The molecule has 2 amide bonds. The number of rotatable bonds is 7. The topological polar surface area (TPSA) is 74.3 Å². The summed E-state index contributed by atoms with van der Waals surface area (Å²) in [5.74, 6) is 0.326. The molecule has 2 N–H and O–H groups in total. The molecule has 1 atom stereocenters. The monoisotopic (exact) mass is 476 g/mol. The molecule has 6 nitrogen and oxygen atoms in total. The summed E-state index contributed by atoms with van der Waals surface area (Å²) in [7, 11) is 0. The first-order valence-electron chi connectivity index (χ1n) is 11.5. The van der Waals surface area contributed by atoms with Gasteiger partial charge in [-0.05, 0) is 59.4 Å². The SMILES string of the molecule is CC(C)C(NC(=O)c1ccc(Cl)cc1)C(=O)NCc1ccc(N2CCc3ccccc3C2)nc1. The van der Waals surface area contributed by atoms with Gasteiger partial charge in [0.25, 0.3) is 5.91 Å². The number of carbonyl (C=O) groups is 2. The van der Waals surface area contributed by atoms with Crippen LogP contribution in [0, 0.1) is 5.92 Å². The van der Waals surface area contributed by atoms with E-state index in [1.54, 1.807) is 30.5 Å². The first-order valence-corrected chi connectivity index (χ1v) is 11.9. The highest BCUT2D eigenvalue weighted by molar-refractivity contribution is 6.30. The van der Waals surface area contributed by atoms with Crippen molar-refractivity contribution >= 4 is 29.2 Å². The molecule has 1 aromatic heterocycles. The van der Waals surface area contributed by atoms with Crippen LogP contribution in [0.5, 0.6) is 0 Å². The number of hydrogen-bond donors (Lipinski definition) is 2. The lowest BCUT2D eigenvalue weighted by atomic mass is 10.00. The Bertz CT molecular complexity index is 1150. The van der Waals surface area contributed by atoms with Gasteiger partial charge in [0.1, 0.15) is 11.9 Å². The molecule has 34 heavy (non-hydrogen) atoms. The van der Waals surface area contributed by atoms with Crippen molar-refractivity contribution in [3.63, 3.8) is 0 Å². The van der Waals surface area contributed by atoms with Gasteiger partial charge in [-0.15, -0.1) is 0 Å². The lowest BCUT2D eigenvalue weighted by molar-refractivity contribution is -0.124. The van der Waals surface area contributed by atoms with E-state index in [-0.39, 0.29) is 17.7 Å². The number of carbonyl (C=O) groups excluding carboxylic acids is 2. The van der Waals surface area contributed by atoms with Crippen LogP contribution in [-0.2, 0) is 24.3 Å². The van der Waals surface area contributed by atoms with Crippen LogP contribution in [0.2, 0.25) is 5.02 Å². The Balaban J connectivity index is 1.33. The number of amides is 2. The van der Waals surface area contributed by atoms with Gasteiger partial charge in [0.15, 0.2) is 0 Å². The second-order valence-corrected chi connectivity index (χ2v) is 9.32. The lowest BCUT2D eigenvalue weighted by Crippen LogP contribution is -2.49. The molecule has 3 aromatic rings. The minimum absolute atomic E-state index is 0.0706. The van der Waals surface area contributed by atoms with Crippen LogP contribution in [0.1, 0.15) is 40.9 Å². The predicted octanol–water partition coefficient (Wildman–Crippen LogP) is 4.37. The highest BCUT2D eigenvalue weighted by Crippen LogP contribution is 2.23. The Morgan fingerprint density at radius 3 is 2.44 bits per heavy atom. The normalized spacial score (nSPS) is 13.8. The van der Waals surface area contributed by atoms with Crippen LogP contribution in [0.15, 0.2) is 66.9 Å². The standard InChI is InChI=1S/C27H29ClN4O2/c1-18(2)25(31-26(33)21-8-10-23(28)11-9-21)27(34)30-16-19-7-12-24(29-15-19)32-14-13-20-5-3-4-6-22(20)17-32/h3-12,15,18,25H,13-14,16-17H2,1-2H3,(H,30,34)(H,31,33). The number of aromatic nitrogens is 1. The molecule has 0 radical (unpaired) electrons. The second-order valence-electron chi connectivity index (χ2n) is 8.88. The molecule has 176 valence electrons. The Morgan fingerprint density at radius 2 is 1.76 bits per heavy atom. The van der Waals surface area contributed by atoms with Crippen molar-refractivity contribution in [2.75, 3.05) is 11.4 Å². The summed E-state index contributed by atoms with van der Waals surface area (Å²) in [6.45, 7) is 5.93. The maximum absolute atomic E-state index is 12.8. The first-order chi connectivity index (χ1) is 16.4. The lowest BCUT2D eigenvalue weighted by Gasteiger charge is -2.29. The number of halogens is 1. The smallest absolute Gasteiger partial charge is 0.251 e. The number of pyridine rings is 1. The van der Waals surface area contributed by atoms with E-state index in [2.05, 4.69) is 44.8 Å². The third-order valence-electron chi connectivity index (χ3n) is 6.07. The van der Waals surface area contributed by atoms with E-state index in [4.69, 9.17) is 11.6 Å². The quantitative estimate of drug-likeness (QED) is 0.531. The fourth-order valence-electron chi connectivity index (χ4n) is 4.06. The molecule has 0 fully saturated rings. The summed E-state index contributed by atoms with van der Waals surface area (Å²) in [5, 5.41) is 6.32. The first kappa shape index (κ1) is 23.8. The molecule has 0 bridgehead atoms. The molecular weight excluding hydrogens is 448 g/mol. The highest BCUT2D eigenvalue weighted by atomic mass is 35.5. The van der Waals surface area contributed by atoms with Crippen molar-refractivity contribution in [2.45, 2.75) is 39.4 Å². The van der Waals surface area contributed by atoms with Gasteiger partial charge >= 0.3 is 0 Å². The highest BCUT2D eigenvalue weighted by Gasteiger charge is 2.24. The number of anilines is 1. The third kappa shape index (κ3) is 5.75. The predicted molar refractivity (Wildman–Crippen MR) is 135 cm³/mol. The summed E-state index contributed by atoms with van der Waals surface area (Å²) in [6, 6.07) is 18.4. The Morgan fingerprint density at radius 1 is 1.03 bits per heavy atom. The fraction of sp³-hybridized carbons (Fsp3) is 0.296.